The lowest BCUT2D eigenvalue weighted by atomic mass is 10.1. The third-order valence-electron chi connectivity index (χ3n) is 5.10. The number of aromatic nitrogens is 5. The Labute approximate surface area is 192 Å². The van der Waals surface area contributed by atoms with E-state index in [1.54, 1.807) is 0 Å². The average molecular weight is 461 g/mol. The highest BCUT2D eigenvalue weighted by molar-refractivity contribution is 7.99. The average Bonchev–Trinajstić information content (AvgIpc) is 3.40. The molecule has 9 heteroatoms. The number of benzene rings is 2. The second-order valence-corrected chi connectivity index (χ2v) is 9.07. The van der Waals surface area contributed by atoms with Crippen molar-refractivity contribution in [2.45, 2.75) is 25.5 Å². The van der Waals surface area contributed by atoms with E-state index in [-0.39, 0.29) is 11.7 Å². The first-order valence-electron chi connectivity index (χ1n) is 10.2. The first-order chi connectivity index (χ1) is 15.6. The maximum atomic E-state index is 12.5. The lowest BCUT2D eigenvalue weighted by Crippen LogP contribution is -2.14. The molecule has 0 spiro atoms. The Morgan fingerprint density at radius 3 is 2.72 bits per heavy atom. The smallest absolute Gasteiger partial charge is 0.236 e. The number of amides is 1. The molecule has 1 amide bonds. The van der Waals surface area contributed by atoms with E-state index in [9.17, 15) is 4.79 Å². The van der Waals surface area contributed by atoms with E-state index in [1.807, 2.05) is 54.8 Å². The fraction of sp³-hybridized carbons (Fsp3) is 0.174. The number of thiazole rings is 1. The molecule has 0 saturated heterocycles. The van der Waals surface area contributed by atoms with Crippen molar-refractivity contribution in [1.82, 2.24) is 24.7 Å². The molecule has 0 unspecified atom stereocenters. The Bertz CT molecular complexity index is 1420. The molecule has 1 N–H and O–H groups in total. The van der Waals surface area contributed by atoms with Gasteiger partial charge in [-0.25, -0.2) is 9.97 Å². The zero-order valence-electron chi connectivity index (χ0n) is 17.6. The second kappa shape index (κ2) is 8.68. The van der Waals surface area contributed by atoms with Crippen LogP contribution in [0.1, 0.15) is 12.5 Å². The maximum Gasteiger partial charge on any atom is 0.236 e. The fourth-order valence-electron chi connectivity index (χ4n) is 3.54. The highest BCUT2D eigenvalue weighted by Gasteiger charge is 2.15. The van der Waals surface area contributed by atoms with Crippen LogP contribution in [0.2, 0.25) is 0 Å². The van der Waals surface area contributed by atoms with Crippen LogP contribution in [0.5, 0.6) is 0 Å². The van der Waals surface area contributed by atoms with Crippen molar-refractivity contribution in [1.29, 1.82) is 0 Å². The molecule has 0 bridgehead atoms. The zero-order chi connectivity index (χ0) is 22.1. The summed E-state index contributed by atoms with van der Waals surface area (Å²) in [5.41, 5.74) is 5.73. The zero-order valence-corrected chi connectivity index (χ0v) is 19.2. The Kier molecular flexibility index (Phi) is 5.59. The third-order valence-corrected chi connectivity index (χ3v) is 6.70. The van der Waals surface area contributed by atoms with Crippen LogP contribution in [0, 0.1) is 6.92 Å². The quantitative estimate of drug-likeness (QED) is 0.352. The number of carbonyl (C=O) groups is 1. The predicted octanol–water partition coefficient (Wildman–Crippen LogP) is 5.16. The molecule has 0 fully saturated rings. The molecule has 0 aliphatic rings. The summed E-state index contributed by atoms with van der Waals surface area (Å²) in [7, 11) is 0. The number of rotatable bonds is 6. The molecular formula is C23H20N6OS2. The first-order valence-corrected chi connectivity index (χ1v) is 12.1. The summed E-state index contributed by atoms with van der Waals surface area (Å²) in [6.45, 7) is 4.90. The van der Waals surface area contributed by atoms with Gasteiger partial charge in [-0.05, 0) is 19.9 Å². The van der Waals surface area contributed by atoms with Gasteiger partial charge in [-0.3, -0.25) is 4.79 Å². The summed E-state index contributed by atoms with van der Waals surface area (Å²) in [4.78, 5) is 21.7. The number of nitrogens with one attached hydrogen (secondary N) is 1. The van der Waals surface area contributed by atoms with E-state index >= 15 is 0 Å². The van der Waals surface area contributed by atoms with E-state index in [1.165, 1.54) is 28.7 Å². The number of aryl methyl sites for hydroxylation is 2. The molecule has 0 atom stereocenters. The number of carbonyl (C=O) groups excluding carboxylic acids is 1. The number of anilines is 1. The summed E-state index contributed by atoms with van der Waals surface area (Å²) in [5, 5.41) is 15.5. The van der Waals surface area contributed by atoms with Crippen molar-refractivity contribution in [2.75, 3.05) is 11.1 Å². The van der Waals surface area contributed by atoms with E-state index in [0.717, 1.165) is 39.9 Å². The number of fused-ring (bicyclic) bond motifs is 3. The minimum atomic E-state index is -0.153. The van der Waals surface area contributed by atoms with Gasteiger partial charge in [-0.1, -0.05) is 59.8 Å². The second-order valence-electron chi connectivity index (χ2n) is 7.27. The molecule has 0 saturated carbocycles. The molecule has 32 heavy (non-hydrogen) atoms. The molecule has 3 heterocycles. The van der Waals surface area contributed by atoms with Crippen LogP contribution in [0.15, 0.2) is 59.1 Å². The van der Waals surface area contributed by atoms with Crippen molar-refractivity contribution in [3.05, 3.63) is 59.5 Å². The molecule has 0 aliphatic heterocycles. The third kappa shape index (κ3) is 3.96. The van der Waals surface area contributed by atoms with Crippen molar-refractivity contribution in [3.63, 3.8) is 0 Å². The first kappa shape index (κ1) is 20.6. The lowest BCUT2D eigenvalue weighted by molar-refractivity contribution is -0.113. The van der Waals surface area contributed by atoms with Gasteiger partial charge in [0, 0.05) is 22.9 Å². The minimum Gasteiger partial charge on any atom is -0.324 e. The van der Waals surface area contributed by atoms with E-state index in [4.69, 9.17) is 0 Å². The van der Waals surface area contributed by atoms with Gasteiger partial charge < -0.3 is 9.88 Å². The largest absolute Gasteiger partial charge is 0.324 e. The SMILES string of the molecule is CCn1c2ccccc2c2nnc(SCC(=O)Nc3nc(-c4ccc(C)cc4)cs3)nc21. The van der Waals surface area contributed by atoms with Crippen LogP contribution in [-0.4, -0.2) is 36.4 Å². The molecule has 0 radical (unpaired) electrons. The molecule has 3 aromatic heterocycles. The number of para-hydroxylation sites is 1. The predicted molar refractivity (Wildman–Crippen MR) is 130 cm³/mol. The number of hydrogen-bond acceptors (Lipinski definition) is 7. The standard InChI is InChI=1S/C23H20N6OS2/c1-3-29-18-7-5-4-6-16(18)20-21(29)26-23(28-27-20)32-13-19(30)25-22-24-17(12-31-22)15-10-8-14(2)9-11-15/h4-12H,3,13H2,1-2H3,(H,24,25,30). The van der Waals surface area contributed by atoms with Crippen molar-refractivity contribution in [3.8, 4) is 11.3 Å². The van der Waals surface area contributed by atoms with Gasteiger partial charge in [-0.15, -0.1) is 21.5 Å². The van der Waals surface area contributed by atoms with Crippen LogP contribution in [0.4, 0.5) is 5.13 Å². The molecule has 160 valence electrons. The molecule has 0 aliphatic carbocycles. The Morgan fingerprint density at radius 1 is 1.09 bits per heavy atom. The Balaban J connectivity index is 1.28. The topological polar surface area (TPSA) is 85.6 Å². The Morgan fingerprint density at radius 2 is 1.91 bits per heavy atom. The van der Waals surface area contributed by atoms with Gasteiger partial charge >= 0.3 is 0 Å². The summed E-state index contributed by atoms with van der Waals surface area (Å²) in [5.74, 6) is 0.0263. The summed E-state index contributed by atoms with van der Waals surface area (Å²) in [6.07, 6.45) is 0. The van der Waals surface area contributed by atoms with Crippen LogP contribution in [-0.2, 0) is 11.3 Å². The van der Waals surface area contributed by atoms with Crippen molar-refractivity contribution in [2.24, 2.45) is 0 Å². The van der Waals surface area contributed by atoms with E-state index in [0.29, 0.717) is 10.3 Å². The Hall–Kier alpha value is -3.30. The molecule has 5 rings (SSSR count). The van der Waals surface area contributed by atoms with Crippen molar-refractivity contribution >= 4 is 56.2 Å². The minimum absolute atomic E-state index is 0.153. The number of hydrogen-bond donors (Lipinski definition) is 1. The highest BCUT2D eigenvalue weighted by atomic mass is 32.2. The van der Waals surface area contributed by atoms with Gasteiger partial charge in [0.15, 0.2) is 10.8 Å². The summed E-state index contributed by atoms with van der Waals surface area (Å²) in [6, 6.07) is 16.2. The molecular weight excluding hydrogens is 440 g/mol. The van der Waals surface area contributed by atoms with Gasteiger partial charge in [0.25, 0.3) is 0 Å². The maximum absolute atomic E-state index is 12.5. The van der Waals surface area contributed by atoms with Crippen LogP contribution in [0.3, 0.4) is 0 Å². The molecule has 7 nitrogen and oxygen atoms in total. The van der Waals surface area contributed by atoms with Crippen LogP contribution >= 0.6 is 23.1 Å². The molecule has 5 aromatic rings. The summed E-state index contributed by atoms with van der Waals surface area (Å²) < 4.78 is 2.12. The van der Waals surface area contributed by atoms with Gasteiger partial charge in [0.05, 0.1) is 17.0 Å². The lowest BCUT2D eigenvalue weighted by Gasteiger charge is -2.03. The van der Waals surface area contributed by atoms with E-state index in [2.05, 4.69) is 43.0 Å². The van der Waals surface area contributed by atoms with Gasteiger partial charge in [0.1, 0.15) is 5.52 Å². The summed E-state index contributed by atoms with van der Waals surface area (Å²) >= 11 is 2.67. The normalized spacial score (nSPS) is 11.3. The van der Waals surface area contributed by atoms with Gasteiger partial charge in [0.2, 0.25) is 11.1 Å². The molecule has 2 aromatic carbocycles. The number of thioether (sulfide) groups is 1. The monoisotopic (exact) mass is 460 g/mol. The number of nitrogens with zero attached hydrogens (tertiary/aromatic N) is 5. The van der Waals surface area contributed by atoms with Crippen LogP contribution < -0.4 is 5.32 Å². The van der Waals surface area contributed by atoms with Crippen molar-refractivity contribution < 1.29 is 4.79 Å². The van der Waals surface area contributed by atoms with Gasteiger partial charge in [-0.2, -0.15) is 0 Å². The van der Waals surface area contributed by atoms with E-state index < -0.39 is 0 Å². The fourth-order valence-corrected chi connectivity index (χ4v) is 4.86. The highest BCUT2D eigenvalue weighted by Crippen LogP contribution is 2.28. The van der Waals surface area contributed by atoms with Crippen LogP contribution in [0.25, 0.3) is 33.3 Å².